The van der Waals surface area contributed by atoms with Crippen LogP contribution in [0, 0.1) is 0 Å². The minimum Gasteiger partial charge on any atom is -0.481 e. The van der Waals surface area contributed by atoms with Gasteiger partial charge in [0.1, 0.15) is 11.3 Å². The summed E-state index contributed by atoms with van der Waals surface area (Å²) in [7, 11) is 0. The Morgan fingerprint density at radius 1 is 1.27 bits per heavy atom. The summed E-state index contributed by atoms with van der Waals surface area (Å²) in [5.74, 6) is 0.393. The first-order valence-corrected chi connectivity index (χ1v) is 7.20. The quantitative estimate of drug-likeness (QED) is 0.735. The van der Waals surface area contributed by atoms with E-state index in [0.29, 0.717) is 29.4 Å². The van der Waals surface area contributed by atoms with Crippen molar-refractivity contribution >= 4 is 28.4 Å². The van der Waals surface area contributed by atoms with E-state index < -0.39 is 0 Å². The normalized spacial score (nSPS) is 10.2. The molecule has 0 saturated carbocycles. The maximum atomic E-state index is 12.2. The summed E-state index contributed by atoms with van der Waals surface area (Å²) in [5.41, 5.74) is 0.641. The van der Waals surface area contributed by atoms with Gasteiger partial charge < -0.3 is 9.64 Å². The second-order valence-corrected chi connectivity index (χ2v) is 5.02. The third-order valence-corrected chi connectivity index (χ3v) is 3.41. The molecule has 0 aliphatic carbocycles. The molecule has 0 aliphatic rings. The second kappa shape index (κ2) is 7.61. The minimum atomic E-state index is -0.140. The predicted molar refractivity (Wildman–Crippen MR) is 89.2 cm³/mol. The van der Waals surface area contributed by atoms with E-state index in [-0.39, 0.29) is 12.5 Å². The van der Waals surface area contributed by atoms with Crippen LogP contribution in [0.4, 0.5) is 0 Å². The number of nitrogens with zero attached hydrogens (tertiary/aromatic N) is 2. The van der Waals surface area contributed by atoms with Crippen LogP contribution in [0.3, 0.4) is 0 Å². The lowest BCUT2D eigenvalue weighted by atomic mass is 10.2. The van der Waals surface area contributed by atoms with Gasteiger partial charge in [-0.1, -0.05) is 23.8 Å². The van der Waals surface area contributed by atoms with Crippen LogP contribution in [-0.4, -0.2) is 35.5 Å². The lowest BCUT2D eigenvalue weighted by Gasteiger charge is -2.19. The Morgan fingerprint density at radius 3 is 2.68 bits per heavy atom. The summed E-state index contributed by atoms with van der Waals surface area (Å²) in [5, 5.41) is 1.39. The van der Waals surface area contributed by atoms with Crippen LogP contribution in [0.15, 0.2) is 55.8 Å². The molecule has 2 rings (SSSR count). The number of hydrogen-bond acceptors (Lipinski definition) is 3. The zero-order valence-corrected chi connectivity index (χ0v) is 12.9. The fourth-order valence-corrected chi connectivity index (χ4v) is 2.26. The highest BCUT2D eigenvalue weighted by Gasteiger charge is 2.13. The van der Waals surface area contributed by atoms with Crippen molar-refractivity contribution in [3.05, 3.63) is 60.8 Å². The van der Waals surface area contributed by atoms with E-state index in [4.69, 9.17) is 16.3 Å². The van der Waals surface area contributed by atoms with E-state index in [0.717, 1.165) is 5.39 Å². The van der Waals surface area contributed by atoms with Crippen LogP contribution in [0.5, 0.6) is 5.75 Å². The highest BCUT2D eigenvalue weighted by atomic mass is 35.5. The Hall–Kier alpha value is -2.33. The summed E-state index contributed by atoms with van der Waals surface area (Å²) in [6.45, 7) is 8.11. The van der Waals surface area contributed by atoms with Crippen molar-refractivity contribution in [1.29, 1.82) is 0 Å². The lowest BCUT2D eigenvalue weighted by Crippen LogP contribution is -2.35. The number of carbonyl (C=O) groups is 1. The van der Waals surface area contributed by atoms with E-state index in [1.54, 1.807) is 41.4 Å². The highest BCUT2D eigenvalue weighted by Crippen LogP contribution is 2.29. The van der Waals surface area contributed by atoms with Gasteiger partial charge in [-0.25, -0.2) is 0 Å². The Kier molecular flexibility index (Phi) is 5.55. The standard InChI is InChI=1S/C17H17ClN2O2/c1-3-10-20(11-4-2)16(21)12-22-15-8-7-14(18)13-6-5-9-19-17(13)15/h3-9H,1-2,10-12H2. The average Bonchev–Trinajstić information content (AvgIpc) is 2.54. The third-order valence-electron chi connectivity index (χ3n) is 3.08. The Morgan fingerprint density at radius 2 is 2.00 bits per heavy atom. The molecule has 22 heavy (non-hydrogen) atoms. The molecule has 0 N–H and O–H groups in total. The molecule has 0 atom stereocenters. The van der Waals surface area contributed by atoms with Gasteiger partial charge in [-0.05, 0) is 24.3 Å². The first-order chi connectivity index (χ1) is 10.7. The monoisotopic (exact) mass is 316 g/mol. The molecule has 0 bridgehead atoms. The predicted octanol–water partition coefficient (Wildman–Crippen LogP) is 3.47. The molecule has 5 heteroatoms. The summed E-state index contributed by atoms with van der Waals surface area (Å²) in [6, 6.07) is 7.12. The smallest absolute Gasteiger partial charge is 0.261 e. The number of amides is 1. The van der Waals surface area contributed by atoms with Gasteiger partial charge in [0.15, 0.2) is 6.61 Å². The van der Waals surface area contributed by atoms with Crippen LogP contribution in [-0.2, 0) is 4.79 Å². The second-order valence-electron chi connectivity index (χ2n) is 4.61. The maximum Gasteiger partial charge on any atom is 0.261 e. The number of fused-ring (bicyclic) bond motifs is 1. The van der Waals surface area contributed by atoms with Crippen molar-refractivity contribution in [3.8, 4) is 5.75 Å². The molecule has 0 saturated heterocycles. The van der Waals surface area contributed by atoms with E-state index in [9.17, 15) is 4.79 Å². The average molecular weight is 317 g/mol. The van der Waals surface area contributed by atoms with Gasteiger partial charge in [-0.2, -0.15) is 0 Å². The fourth-order valence-electron chi connectivity index (χ4n) is 2.05. The van der Waals surface area contributed by atoms with Crippen LogP contribution in [0.1, 0.15) is 0 Å². The number of aromatic nitrogens is 1. The number of ether oxygens (including phenoxy) is 1. The molecule has 0 unspecified atom stereocenters. The van der Waals surface area contributed by atoms with Crippen LogP contribution in [0.2, 0.25) is 5.02 Å². The number of hydrogen-bond donors (Lipinski definition) is 0. The highest BCUT2D eigenvalue weighted by molar-refractivity contribution is 6.35. The van der Waals surface area contributed by atoms with Gasteiger partial charge in [0, 0.05) is 24.7 Å². The topological polar surface area (TPSA) is 42.4 Å². The van der Waals surface area contributed by atoms with Gasteiger partial charge in [-0.15, -0.1) is 13.2 Å². The van der Waals surface area contributed by atoms with Crippen molar-refractivity contribution in [2.75, 3.05) is 19.7 Å². The van der Waals surface area contributed by atoms with Crippen molar-refractivity contribution in [2.45, 2.75) is 0 Å². The molecule has 114 valence electrons. The van der Waals surface area contributed by atoms with E-state index in [2.05, 4.69) is 18.1 Å². The van der Waals surface area contributed by atoms with E-state index in [1.807, 2.05) is 6.07 Å². The molecular weight excluding hydrogens is 300 g/mol. The number of benzene rings is 1. The van der Waals surface area contributed by atoms with E-state index >= 15 is 0 Å². The molecule has 1 aromatic heterocycles. The third kappa shape index (κ3) is 3.65. The summed E-state index contributed by atoms with van der Waals surface area (Å²) < 4.78 is 5.63. The lowest BCUT2D eigenvalue weighted by molar-refractivity contribution is -0.132. The zero-order chi connectivity index (χ0) is 15.9. The van der Waals surface area contributed by atoms with Crippen molar-refractivity contribution in [2.24, 2.45) is 0 Å². The first-order valence-electron chi connectivity index (χ1n) is 6.83. The molecule has 1 aromatic carbocycles. The van der Waals surface area contributed by atoms with Crippen LogP contribution in [0.25, 0.3) is 10.9 Å². The van der Waals surface area contributed by atoms with Crippen LogP contribution < -0.4 is 4.74 Å². The molecule has 0 aliphatic heterocycles. The Balaban J connectivity index is 2.14. The summed E-state index contributed by atoms with van der Waals surface area (Å²) in [6.07, 6.45) is 5.00. The molecule has 1 amide bonds. The minimum absolute atomic E-state index is 0.0744. The number of carbonyl (C=O) groups excluding carboxylic acids is 1. The largest absolute Gasteiger partial charge is 0.481 e. The van der Waals surface area contributed by atoms with E-state index in [1.165, 1.54) is 0 Å². The maximum absolute atomic E-state index is 12.2. The fraction of sp³-hybridized carbons (Fsp3) is 0.176. The van der Waals surface area contributed by atoms with Gasteiger partial charge in [0.25, 0.3) is 5.91 Å². The van der Waals surface area contributed by atoms with Gasteiger partial charge in [-0.3, -0.25) is 9.78 Å². The van der Waals surface area contributed by atoms with Crippen molar-refractivity contribution < 1.29 is 9.53 Å². The summed E-state index contributed by atoms with van der Waals surface area (Å²) >= 11 is 6.13. The molecule has 4 nitrogen and oxygen atoms in total. The Bertz CT molecular complexity index is 690. The molecule has 0 spiro atoms. The van der Waals surface area contributed by atoms with Gasteiger partial charge in [0.2, 0.25) is 0 Å². The number of halogens is 1. The molecular formula is C17H17ClN2O2. The summed E-state index contributed by atoms with van der Waals surface area (Å²) in [4.78, 5) is 18.0. The van der Waals surface area contributed by atoms with Crippen molar-refractivity contribution in [1.82, 2.24) is 9.88 Å². The van der Waals surface area contributed by atoms with Crippen LogP contribution >= 0.6 is 11.6 Å². The molecule has 0 radical (unpaired) electrons. The van der Waals surface area contributed by atoms with Crippen molar-refractivity contribution in [3.63, 3.8) is 0 Å². The molecule has 1 heterocycles. The number of rotatable bonds is 7. The Labute approximate surface area is 134 Å². The number of pyridine rings is 1. The molecule has 0 fully saturated rings. The van der Waals surface area contributed by atoms with Gasteiger partial charge in [0.05, 0.1) is 5.02 Å². The SMILES string of the molecule is C=CCN(CC=C)C(=O)COc1ccc(Cl)c2cccnc12. The zero-order valence-electron chi connectivity index (χ0n) is 12.2. The van der Waals surface area contributed by atoms with Gasteiger partial charge >= 0.3 is 0 Å². The first kappa shape index (κ1) is 16.0. The molecule has 2 aromatic rings.